The third-order valence-corrected chi connectivity index (χ3v) is 8.06. The van der Waals surface area contributed by atoms with E-state index in [9.17, 15) is 14.4 Å². The van der Waals surface area contributed by atoms with Crippen LogP contribution in [0.1, 0.15) is 59.3 Å². The molecule has 3 fully saturated rings. The zero-order chi connectivity index (χ0) is 20.0. The average Bonchev–Trinajstić information content (AvgIpc) is 2.64. The molecule has 0 aromatic rings. The summed E-state index contributed by atoms with van der Waals surface area (Å²) in [6, 6.07) is 0. The van der Waals surface area contributed by atoms with Crippen LogP contribution in [0.2, 0.25) is 0 Å². The van der Waals surface area contributed by atoms with Gasteiger partial charge in [-0.2, -0.15) is 0 Å². The van der Waals surface area contributed by atoms with Crippen LogP contribution in [0.25, 0.3) is 0 Å². The van der Waals surface area contributed by atoms with Crippen molar-refractivity contribution in [3.05, 3.63) is 11.6 Å². The highest BCUT2D eigenvalue weighted by Crippen LogP contribution is 2.64. The molecule has 0 unspecified atom stereocenters. The van der Waals surface area contributed by atoms with Crippen molar-refractivity contribution < 1.29 is 23.9 Å². The molecular weight excluding hydrogens is 344 g/mol. The average molecular weight is 376 g/mol. The molecule has 0 amide bonds. The number of allylic oxidation sites excluding steroid dienone is 1. The van der Waals surface area contributed by atoms with E-state index in [2.05, 4.69) is 13.8 Å². The van der Waals surface area contributed by atoms with E-state index >= 15 is 0 Å². The molecule has 3 aliphatic carbocycles. The Balaban J connectivity index is 1.96. The lowest BCUT2D eigenvalue weighted by Gasteiger charge is -2.60. The molecule has 0 radical (unpaired) electrons. The SMILES string of the molecule is COC(=O)/C=C1\CC[C@H]2[C@@H](C(=O)C[C@@H]3[C@]2(C)CCC[C@@]3(C)C(=O)OC)[C@@H]1C. The van der Waals surface area contributed by atoms with Gasteiger partial charge in [0.05, 0.1) is 19.6 Å². The van der Waals surface area contributed by atoms with Crippen molar-refractivity contribution in [1.82, 2.24) is 0 Å². The van der Waals surface area contributed by atoms with Crippen molar-refractivity contribution in [3.8, 4) is 0 Å². The largest absolute Gasteiger partial charge is 0.469 e. The van der Waals surface area contributed by atoms with Crippen molar-refractivity contribution in [2.45, 2.75) is 59.3 Å². The van der Waals surface area contributed by atoms with Crippen molar-refractivity contribution >= 4 is 17.7 Å². The van der Waals surface area contributed by atoms with Gasteiger partial charge in [0.1, 0.15) is 5.78 Å². The first-order valence-corrected chi connectivity index (χ1v) is 10.1. The predicted octanol–water partition coefficient (Wildman–Crippen LogP) is 3.71. The van der Waals surface area contributed by atoms with Gasteiger partial charge in [0.2, 0.25) is 0 Å². The van der Waals surface area contributed by atoms with E-state index in [1.54, 1.807) is 6.08 Å². The van der Waals surface area contributed by atoms with Crippen molar-refractivity contribution in [2.75, 3.05) is 14.2 Å². The van der Waals surface area contributed by atoms with Crippen LogP contribution in [0, 0.1) is 34.5 Å². The monoisotopic (exact) mass is 376 g/mol. The lowest BCUT2D eigenvalue weighted by Crippen LogP contribution is -2.59. The highest BCUT2D eigenvalue weighted by molar-refractivity contribution is 5.87. The zero-order valence-electron chi connectivity index (χ0n) is 17.2. The van der Waals surface area contributed by atoms with Crippen LogP contribution in [-0.4, -0.2) is 31.9 Å². The van der Waals surface area contributed by atoms with Gasteiger partial charge < -0.3 is 9.47 Å². The molecule has 3 saturated carbocycles. The predicted molar refractivity (Wildman–Crippen MR) is 101 cm³/mol. The summed E-state index contributed by atoms with van der Waals surface area (Å²) in [5, 5.41) is 0. The third-order valence-electron chi connectivity index (χ3n) is 8.06. The van der Waals surface area contributed by atoms with E-state index in [1.165, 1.54) is 14.2 Å². The van der Waals surface area contributed by atoms with Crippen LogP contribution >= 0.6 is 0 Å². The summed E-state index contributed by atoms with van der Waals surface area (Å²) >= 11 is 0. The van der Waals surface area contributed by atoms with Gasteiger partial charge >= 0.3 is 11.9 Å². The highest BCUT2D eigenvalue weighted by atomic mass is 16.5. The summed E-state index contributed by atoms with van der Waals surface area (Å²) < 4.78 is 9.93. The number of esters is 2. The topological polar surface area (TPSA) is 69.7 Å². The molecule has 0 N–H and O–H groups in total. The molecule has 0 saturated heterocycles. The van der Waals surface area contributed by atoms with E-state index in [4.69, 9.17) is 9.47 Å². The molecule has 0 bridgehead atoms. The first kappa shape index (κ1) is 20.1. The minimum absolute atomic E-state index is 0.0262. The Labute approximate surface area is 161 Å². The Morgan fingerprint density at radius 2 is 1.85 bits per heavy atom. The first-order chi connectivity index (χ1) is 12.7. The lowest BCUT2D eigenvalue weighted by atomic mass is 9.43. The Morgan fingerprint density at radius 1 is 1.15 bits per heavy atom. The number of hydrogen-bond acceptors (Lipinski definition) is 5. The Bertz CT molecular complexity index is 680. The fourth-order valence-electron chi connectivity index (χ4n) is 6.60. The fourth-order valence-corrected chi connectivity index (χ4v) is 6.60. The molecule has 0 heterocycles. The van der Waals surface area contributed by atoms with Crippen LogP contribution in [-0.2, 0) is 23.9 Å². The van der Waals surface area contributed by atoms with Gasteiger partial charge in [-0.05, 0) is 55.8 Å². The molecule has 5 heteroatoms. The zero-order valence-corrected chi connectivity index (χ0v) is 17.2. The third kappa shape index (κ3) is 3.03. The number of carbonyl (C=O) groups is 3. The number of hydrogen-bond donors (Lipinski definition) is 0. The van der Waals surface area contributed by atoms with Gasteiger partial charge in [-0.3, -0.25) is 9.59 Å². The standard InChI is InChI=1S/C22H32O5/c1-13-14(11-18(24)26-4)7-8-15-19(13)16(23)12-17-21(15,2)9-6-10-22(17,3)20(25)27-5/h11,13,15,17,19H,6-10,12H2,1-5H3/b14-11+/t13-,15+,17-,19+,21-,22-/m1/s1. The van der Waals surface area contributed by atoms with Gasteiger partial charge in [-0.25, -0.2) is 4.79 Å². The summed E-state index contributed by atoms with van der Waals surface area (Å²) in [4.78, 5) is 37.6. The molecule has 0 aliphatic heterocycles. The van der Waals surface area contributed by atoms with Crippen LogP contribution in [0.3, 0.4) is 0 Å². The molecule has 6 atom stereocenters. The number of fused-ring (bicyclic) bond motifs is 3. The summed E-state index contributed by atoms with van der Waals surface area (Å²) in [7, 11) is 2.82. The quantitative estimate of drug-likeness (QED) is 0.543. The van der Waals surface area contributed by atoms with Gasteiger partial charge in [0, 0.05) is 18.4 Å². The molecule has 3 rings (SSSR count). The number of methoxy groups -OCH3 is 2. The second-order valence-electron chi connectivity index (χ2n) is 9.19. The second-order valence-corrected chi connectivity index (χ2v) is 9.19. The molecule has 0 spiro atoms. The van der Waals surface area contributed by atoms with E-state index < -0.39 is 5.41 Å². The smallest absolute Gasteiger partial charge is 0.330 e. The van der Waals surface area contributed by atoms with Gasteiger partial charge in [0.25, 0.3) is 0 Å². The van der Waals surface area contributed by atoms with E-state index in [1.807, 2.05) is 6.92 Å². The minimum Gasteiger partial charge on any atom is -0.469 e. The van der Waals surface area contributed by atoms with Gasteiger partial charge in [-0.1, -0.05) is 25.8 Å². The number of Topliss-reactive ketones (excluding diaryl/α,β-unsaturated/α-hetero) is 1. The van der Waals surface area contributed by atoms with E-state index in [0.29, 0.717) is 6.42 Å². The van der Waals surface area contributed by atoms with Crippen molar-refractivity contribution in [3.63, 3.8) is 0 Å². The molecular formula is C22H32O5. The number of ketones is 1. The summed E-state index contributed by atoms with van der Waals surface area (Å²) in [5.74, 6) is -0.0488. The summed E-state index contributed by atoms with van der Waals surface area (Å²) in [6.45, 7) is 6.34. The number of ether oxygens (including phenoxy) is 2. The Kier molecular flexibility index (Phi) is 5.26. The van der Waals surface area contributed by atoms with Gasteiger partial charge in [0.15, 0.2) is 0 Å². The van der Waals surface area contributed by atoms with Crippen molar-refractivity contribution in [1.29, 1.82) is 0 Å². The molecule has 27 heavy (non-hydrogen) atoms. The minimum atomic E-state index is -0.590. The molecule has 3 aliphatic rings. The summed E-state index contributed by atoms with van der Waals surface area (Å²) in [6.07, 6.45) is 6.50. The Hall–Kier alpha value is -1.65. The van der Waals surface area contributed by atoms with E-state index in [-0.39, 0.29) is 46.8 Å². The maximum atomic E-state index is 13.2. The fraction of sp³-hybridized carbons (Fsp3) is 0.773. The number of carbonyl (C=O) groups excluding carboxylic acids is 3. The van der Waals surface area contributed by atoms with Crippen LogP contribution in [0.5, 0.6) is 0 Å². The van der Waals surface area contributed by atoms with Crippen molar-refractivity contribution in [2.24, 2.45) is 34.5 Å². The van der Waals surface area contributed by atoms with Gasteiger partial charge in [-0.15, -0.1) is 0 Å². The summed E-state index contributed by atoms with van der Waals surface area (Å²) in [5.41, 5.74) is 0.378. The normalized spacial score (nSPS) is 42.9. The molecule has 0 aromatic carbocycles. The molecule has 5 nitrogen and oxygen atoms in total. The van der Waals surface area contributed by atoms with E-state index in [0.717, 1.165) is 37.7 Å². The number of rotatable bonds is 2. The van der Waals surface area contributed by atoms with Crippen LogP contribution in [0.15, 0.2) is 11.6 Å². The van der Waals surface area contributed by atoms with Crippen LogP contribution < -0.4 is 0 Å². The second kappa shape index (κ2) is 7.06. The Morgan fingerprint density at radius 3 is 2.48 bits per heavy atom. The maximum absolute atomic E-state index is 13.2. The molecule has 0 aromatic heterocycles. The maximum Gasteiger partial charge on any atom is 0.330 e. The lowest BCUT2D eigenvalue weighted by molar-refractivity contribution is -0.178. The first-order valence-electron chi connectivity index (χ1n) is 10.1. The molecule has 150 valence electrons. The van der Waals surface area contributed by atoms with Crippen LogP contribution in [0.4, 0.5) is 0 Å². The highest BCUT2D eigenvalue weighted by Gasteiger charge is 2.62.